The Morgan fingerprint density at radius 3 is 2.81 bits per heavy atom. The first-order valence-corrected chi connectivity index (χ1v) is 8.20. The van der Waals surface area contributed by atoms with Gasteiger partial charge in [-0.1, -0.05) is 6.92 Å². The molecule has 0 saturated carbocycles. The van der Waals surface area contributed by atoms with Gasteiger partial charge >= 0.3 is 5.97 Å². The van der Waals surface area contributed by atoms with E-state index in [0.717, 1.165) is 38.5 Å². The van der Waals surface area contributed by atoms with Crippen molar-refractivity contribution in [2.75, 3.05) is 40.3 Å². The van der Waals surface area contributed by atoms with Crippen LogP contribution in [0.1, 0.15) is 46.0 Å². The molecule has 5 nitrogen and oxygen atoms in total. The number of nitrogens with two attached hydrogens (primary N) is 1. The first-order chi connectivity index (χ1) is 9.90. The van der Waals surface area contributed by atoms with Crippen LogP contribution in [-0.4, -0.2) is 67.7 Å². The van der Waals surface area contributed by atoms with Crippen LogP contribution in [0.4, 0.5) is 0 Å². The summed E-state index contributed by atoms with van der Waals surface area (Å²) in [7, 11) is 3.58. The van der Waals surface area contributed by atoms with Gasteiger partial charge in [0.15, 0.2) is 0 Å². The number of unbranched alkanes of at least 4 members (excludes halogenated alkanes) is 1. The molecule has 21 heavy (non-hydrogen) atoms. The van der Waals surface area contributed by atoms with E-state index in [1.807, 2.05) is 0 Å². The van der Waals surface area contributed by atoms with E-state index in [9.17, 15) is 4.79 Å². The highest BCUT2D eigenvalue weighted by Gasteiger charge is 2.28. The maximum Gasteiger partial charge on any atom is 0.325 e. The van der Waals surface area contributed by atoms with Crippen LogP contribution in [0.15, 0.2) is 0 Å². The largest absolute Gasteiger partial charge is 0.468 e. The third kappa shape index (κ3) is 5.93. The van der Waals surface area contributed by atoms with Gasteiger partial charge in [-0.25, -0.2) is 0 Å². The third-order valence-electron chi connectivity index (χ3n) is 4.57. The number of carbonyl (C=O) groups is 1. The number of nitrogens with zero attached hydrogens (tertiary/aromatic N) is 2. The van der Waals surface area contributed by atoms with Crippen molar-refractivity contribution in [1.82, 2.24) is 9.80 Å². The highest BCUT2D eigenvalue weighted by atomic mass is 16.5. The number of likely N-dealkylation sites (N-methyl/N-ethyl adjacent to an activating group) is 2. The number of methoxy groups -OCH3 is 1. The summed E-state index contributed by atoms with van der Waals surface area (Å²) in [4.78, 5) is 16.5. The SMILES string of the molecule is CCN1CCCC1CN(C)CCCCC(C)(N)C(=O)OC. The number of rotatable bonds is 9. The molecule has 1 heterocycles. The molecular weight excluding hydrogens is 266 g/mol. The molecule has 0 aromatic heterocycles. The van der Waals surface area contributed by atoms with Crippen LogP contribution in [0.3, 0.4) is 0 Å². The molecule has 5 heteroatoms. The van der Waals surface area contributed by atoms with Gasteiger partial charge in [0.2, 0.25) is 0 Å². The lowest BCUT2D eigenvalue weighted by atomic mass is 9.96. The smallest absolute Gasteiger partial charge is 0.325 e. The monoisotopic (exact) mass is 299 g/mol. The highest BCUT2D eigenvalue weighted by Crippen LogP contribution is 2.18. The second-order valence-corrected chi connectivity index (χ2v) is 6.55. The number of hydrogen-bond donors (Lipinski definition) is 1. The Hall–Kier alpha value is -0.650. The van der Waals surface area contributed by atoms with Crippen molar-refractivity contribution in [3.8, 4) is 0 Å². The number of likely N-dealkylation sites (tertiary alicyclic amines) is 1. The zero-order chi connectivity index (χ0) is 15.9. The van der Waals surface area contributed by atoms with E-state index < -0.39 is 5.54 Å². The van der Waals surface area contributed by atoms with Gasteiger partial charge in [0.25, 0.3) is 0 Å². The Labute approximate surface area is 129 Å². The third-order valence-corrected chi connectivity index (χ3v) is 4.57. The summed E-state index contributed by atoms with van der Waals surface area (Å²) in [6, 6.07) is 0.717. The molecule has 2 N–H and O–H groups in total. The van der Waals surface area contributed by atoms with Crippen molar-refractivity contribution in [3.05, 3.63) is 0 Å². The standard InChI is InChI=1S/C16H33N3O2/c1-5-19-12-8-9-14(19)13-18(3)11-7-6-10-16(2,17)15(20)21-4/h14H,5-13,17H2,1-4H3. The molecule has 1 saturated heterocycles. The molecule has 0 amide bonds. The molecular formula is C16H33N3O2. The van der Waals surface area contributed by atoms with Gasteiger partial charge in [0.1, 0.15) is 5.54 Å². The summed E-state index contributed by atoms with van der Waals surface area (Å²) in [5, 5.41) is 0. The summed E-state index contributed by atoms with van der Waals surface area (Å²) in [5.74, 6) is -0.319. The lowest BCUT2D eigenvalue weighted by Gasteiger charge is -2.28. The Morgan fingerprint density at radius 2 is 2.19 bits per heavy atom. The van der Waals surface area contributed by atoms with E-state index >= 15 is 0 Å². The van der Waals surface area contributed by atoms with Gasteiger partial charge in [0.05, 0.1) is 7.11 Å². The van der Waals surface area contributed by atoms with Crippen molar-refractivity contribution in [3.63, 3.8) is 0 Å². The number of ether oxygens (including phenoxy) is 1. The van der Waals surface area contributed by atoms with Crippen molar-refractivity contribution >= 4 is 5.97 Å². The maximum atomic E-state index is 11.5. The molecule has 0 spiro atoms. The molecule has 0 aromatic carbocycles. The van der Waals surface area contributed by atoms with Crippen LogP contribution < -0.4 is 5.73 Å². The first-order valence-electron chi connectivity index (χ1n) is 8.20. The molecule has 2 atom stereocenters. The molecule has 1 fully saturated rings. The Balaban J connectivity index is 2.19. The summed E-state index contributed by atoms with van der Waals surface area (Å²) in [5.41, 5.74) is 5.11. The number of esters is 1. The minimum absolute atomic E-state index is 0.319. The van der Waals surface area contributed by atoms with Crippen LogP contribution in [0.25, 0.3) is 0 Å². The predicted molar refractivity (Wildman–Crippen MR) is 86.2 cm³/mol. The fraction of sp³-hybridized carbons (Fsp3) is 0.938. The average molecular weight is 299 g/mol. The molecule has 2 unspecified atom stereocenters. The van der Waals surface area contributed by atoms with Crippen LogP contribution in [0, 0.1) is 0 Å². The summed E-state index contributed by atoms with van der Waals surface area (Å²) in [6.07, 6.45) is 5.35. The van der Waals surface area contributed by atoms with Gasteiger partial charge in [-0.2, -0.15) is 0 Å². The second kappa shape index (κ2) is 8.71. The van der Waals surface area contributed by atoms with E-state index in [1.54, 1.807) is 6.92 Å². The molecule has 124 valence electrons. The molecule has 1 rings (SSSR count). The van der Waals surface area contributed by atoms with E-state index in [-0.39, 0.29) is 5.97 Å². The highest BCUT2D eigenvalue weighted by molar-refractivity contribution is 5.79. The van der Waals surface area contributed by atoms with Gasteiger partial charge < -0.3 is 15.4 Å². The topological polar surface area (TPSA) is 58.8 Å². The average Bonchev–Trinajstić information content (AvgIpc) is 2.89. The van der Waals surface area contributed by atoms with Crippen LogP contribution in [0.5, 0.6) is 0 Å². The minimum Gasteiger partial charge on any atom is -0.468 e. The summed E-state index contributed by atoms with van der Waals surface area (Å²) < 4.78 is 4.73. The van der Waals surface area contributed by atoms with Crippen LogP contribution in [-0.2, 0) is 9.53 Å². The van der Waals surface area contributed by atoms with E-state index in [1.165, 1.54) is 26.5 Å². The van der Waals surface area contributed by atoms with Crippen molar-refractivity contribution < 1.29 is 9.53 Å². The van der Waals surface area contributed by atoms with Crippen molar-refractivity contribution in [2.45, 2.75) is 57.5 Å². The normalized spacial score (nSPS) is 22.5. The fourth-order valence-corrected chi connectivity index (χ4v) is 3.18. The van der Waals surface area contributed by atoms with E-state index in [4.69, 9.17) is 10.5 Å². The Bertz CT molecular complexity index is 321. The van der Waals surface area contributed by atoms with Gasteiger partial charge in [-0.05, 0) is 65.7 Å². The quantitative estimate of drug-likeness (QED) is 0.516. The van der Waals surface area contributed by atoms with Gasteiger partial charge in [0, 0.05) is 12.6 Å². The van der Waals surface area contributed by atoms with E-state index in [0.29, 0.717) is 6.42 Å². The molecule has 0 aliphatic carbocycles. The zero-order valence-electron chi connectivity index (χ0n) is 14.2. The fourth-order valence-electron chi connectivity index (χ4n) is 3.18. The zero-order valence-corrected chi connectivity index (χ0v) is 14.2. The van der Waals surface area contributed by atoms with Gasteiger partial charge in [-0.3, -0.25) is 9.69 Å². The lowest BCUT2D eigenvalue weighted by molar-refractivity contribution is -0.146. The van der Waals surface area contributed by atoms with Crippen LogP contribution >= 0.6 is 0 Å². The Kier molecular flexibility index (Phi) is 7.63. The lowest BCUT2D eigenvalue weighted by Crippen LogP contribution is -2.45. The maximum absolute atomic E-state index is 11.5. The number of hydrogen-bond acceptors (Lipinski definition) is 5. The van der Waals surface area contributed by atoms with Gasteiger partial charge in [-0.15, -0.1) is 0 Å². The summed E-state index contributed by atoms with van der Waals surface area (Å²) in [6.45, 7) is 8.60. The van der Waals surface area contributed by atoms with Crippen molar-refractivity contribution in [2.24, 2.45) is 5.73 Å². The predicted octanol–water partition coefficient (Wildman–Crippen LogP) is 1.46. The molecule has 0 aromatic rings. The van der Waals surface area contributed by atoms with Crippen LogP contribution in [0.2, 0.25) is 0 Å². The Morgan fingerprint density at radius 1 is 1.48 bits per heavy atom. The van der Waals surface area contributed by atoms with Crippen molar-refractivity contribution in [1.29, 1.82) is 0 Å². The molecule has 0 radical (unpaired) electrons. The first kappa shape index (κ1) is 18.4. The summed E-state index contributed by atoms with van der Waals surface area (Å²) >= 11 is 0. The molecule has 0 bridgehead atoms. The second-order valence-electron chi connectivity index (χ2n) is 6.55. The minimum atomic E-state index is -0.849. The molecule has 1 aliphatic rings. The molecule has 1 aliphatic heterocycles. The number of carbonyl (C=O) groups excluding carboxylic acids is 1. The van der Waals surface area contributed by atoms with E-state index in [2.05, 4.69) is 23.8 Å².